The van der Waals surface area contributed by atoms with E-state index >= 15 is 0 Å². The molecule has 0 heterocycles. The van der Waals surface area contributed by atoms with E-state index in [9.17, 15) is 9.59 Å². The Morgan fingerprint density at radius 1 is 0.793 bits per heavy atom. The fraction of sp³-hybridized carbons (Fsp3) is 0.630. The van der Waals surface area contributed by atoms with Crippen molar-refractivity contribution in [3.63, 3.8) is 0 Å². The molecule has 0 aromatic heterocycles. The third-order valence-corrected chi connectivity index (χ3v) is 4.14. The van der Waals surface area contributed by atoms with Gasteiger partial charge in [-0.2, -0.15) is 0 Å². The number of carbonyl (C=O) groups is 2. The lowest BCUT2D eigenvalue weighted by Crippen LogP contribution is -1.87. The summed E-state index contributed by atoms with van der Waals surface area (Å²) >= 11 is 0. The van der Waals surface area contributed by atoms with Crippen LogP contribution in [-0.4, -0.2) is 11.6 Å². The Kier molecular flexibility index (Phi) is 23.2. The Hall–Kier alpha value is -1.70. The molecule has 0 saturated heterocycles. The molecule has 0 spiro atoms. The van der Waals surface area contributed by atoms with Crippen LogP contribution in [0.5, 0.6) is 0 Å². The third kappa shape index (κ3) is 31.2. The van der Waals surface area contributed by atoms with E-state index < -0.39 is 0 Å². The first-order valence-electron chi connectivity index (χ1n) is 10.7. The van der Waals surface area contributed by atoms with Gasteiger partial charge < -0.3 is 4.79 Å². The molecule has 2 nitrogen and oxygen atoms in total. The summed E-state index contributed by atoms with van der Waals surface area (Å²) in [6.07, 6.45) is 17.4. The summed E-state index contributed by atoms with van der Waals surface area (Å²) in [6.45, 7) is 16.2. The zero-order valence-corrected chi connectivity index (χ0v) is 19.7. The van der Waals surface area contributed by atoms with Gasteiger partial charge in [0.15, 0.2) is 5.78 Å². The van der Waals surface area contributed by atoms with Crippen molar-refractivity contribution in [2.24, 2.45) is 5.92 Å². The predicted molar refractivity (Wildman–Crippen MR) is 131 cm³/mol. The summed E-state index contributed by atoms with van der Waals surface area (Å²) in [5.74, 6) is 1.17. The fourth-order valence-electron chi connectivity index (χ4n) is 2.43. The molecule has 0 aliphatic rings. The second-order valence-electron chi connectivity index (χ2n) is 8.38. The van der Waals surface area contributed by atoms with Gasteiger partial charge in [0.1, 0.15) is 5.78 Å². The van der Waals surface area contributed by atoms with Crippen LogP contribution in [0.15, 0.2) is 47.1 Å². The van der Waals surface area contributed by atoms with Crippen LogP contribution in [0.25, 0.3) is 0 Å². The van der Waals surface area contributed by atoms with Crippen molar-refractivity contribution in [2.45, 2.75) is 108 Å². The Labute approximate surface area is 182 Å². The number of allylic oxidation sites excluding steroid dienone is 8. The van der Waals surface area contributed by atoms with Gasteiger partial charge in [0.25, 0.3) is 0 Å². The second kappa shape index (κ2) is 21.0. The monoisotopic (exact) mass is 404 g/mol. The first-order chi connectivity index (χ1) is 13.0. The maximum atomic E-state index is 10.7. The Balaban J connectivity index is -0.000000451. The molecule has 168 valence electrons. The van der Waals surface area contributed by atoms with E-state index in [1.807, 2.05) is 12.2 Å². The number of ketones is 2. The van der Waals surface area contributed by atoms with Gasteiger partial charge in [-0.1, -0.05) is 68.7 Å². The predicted octanol–water partition coefficient (Wildman–Crippen LogP) is 8.59. The smallest absolute Gasteiger partial charge is 0.152 e. The van der Waals surface area contributed by atoms with Crippen LogP contribution in [0.3, 0.4) is 0 Å². The van der Waals surface area contributed by atoms with Crippen LogP contribution < -0.4 is 0 Å². The standard InChI is InChI=1S/2C13H22O.CH4/c2*1-11(2)7-5-8-12(3)9-6-10-13(4)14;/h7,9H,5-6,8,10H2,1-4H3;6,9-11H,5,7-8H2,1-4H3;1H4/b12-9+;10-6+,12-9+;. The largest absolute Gasteiger partial charge is 0.300 e. The first-order valence-corrected chi connectivity index (χ1v) is 10.7. The molecule has 0 fully saturated rings. The number of hydrogen-bond acceptors (Lipinski definition) is 2. The Morgan fingerprint density at radius 2 is 1.38 bits per heavy atom. The topological polar surface area (TPSA) is 34.1 Å². The second-order valence-corrected chi connectivity index (χ2v) is 8.38. The summed E-state index contributed by atoms with van der Waals surface area (Å²) in [4.78, 5) is 21.3. The summed E-state index contributed by atoms with van der Waals surface area (Å²) in [7, 11) is 0. The Morgan fingerprint density at radius 3 is 1.86 bits per heavy atom. The molecule has 0 aromatic carbocycles. The van der Waals surface area contributed by atoms with Gasteiger partial charge >= 0.3 is 0 Å². The molecule has 0 rings (SSSR count). The molecule has 0 aliphatic carbocycles. The first kappa shape index (κ1) is 32.0. The van der Waals surface area contributed by atoms with Crippen molar-refractivity contribution in [2.75, 3.05) is 0 Å². The van der Waals surface area contributed by atoms with Gasteiger partial charge in [-0.25, -0.2) is 0 Å². The highest BCUT2D eigenvalue weighted by molar-refractivity contribution is 5.87. The molecule has 0 N–H and O–H groups in total. The van der Waals surface area contributed by atoms with E-state index in [0.29, 0.717) is 6.42 Å². The van der Waals surface area contributed by atoms with Crippen molar-refractivity contribution in [1.29, 1.82) is 0 Å². The van der Waals surface area contributed by atoms with Gasteiger partial charge in [-0.15, -0.1) is 0 Å². The van der Waals surface area contributed by atoms with E-state index in [0.717, 1.165) is 31.6 Å². The van der Waals surface area contributed by atoms with Crippen LogP contribution in [0.1, 0.15) is 108 Å². The van der Waals surface area contributed by atoms with E-state index in [-0.39, 0.29) is 19.0 Å². The van der Waals surface area contributed by atoms with Crippen LogP contribution in [0, 0.1) is 5.92 Å². The molecule has 0 radical (unpaired) electrons. The fourth-order valence-corrected chi connectivity index (χ4v) is 2.43. The lowest BCUT2D eigenvalue weighted by molar-refractivity contribution is -0.117. The van der Waals surface area contributed by atoms with Gasteiger partial charge in [0.2, 0.25) is 0 Å². The number of Topliss-reactive ketones (excluding diaryl/α,β-unsaturated/α-hetero) is 1. The highest BCUT2D eigenvalue weighted by atomic mass is 16.1. The van der Waals surface area contributed by atoms with Crippen molar-refractivity contribution in [3.05, 3.63) is 47.1 Å². The molecule has 0 saturated carbocycles. The van der Waals surface area contributed by atoms with E-state index in [1.165, 1.54) is 29.6 Å². The SMILES string of the molecule is C.CC(=O)/C=C/C=C(\C)CCCC(C)C.CC(=O)CC/C=C(\C)CCC=C(C)C. The maximum Gasteiger partial charge on any atom is 0.152 e. The van der Waals surface area contributed by atoms with Crippen LogP contribution in [-0.2, 0) is 9.59 Å². The molecule has 0 amide bonds. The van der Waals surface area contributed by atoms with Gasteiger partial charge in [0, 0.05) is 6.42 Å². The van der Waals surface area contributed by atoms with Crippen LogP contribution in [0.2, 0.25) is 0 Å². The molecular formula is C27H48O2. The molecule has 0 bridgehead atoms. The average Bonchev–Trinajstić information content (AvgIpc) is 2.54. The normalized spacial score (nSPS) is 11.6. The van der Waals surface area contributed by atoms with E-state index in [1.54, 1.807) is 19.9 Å². The molecular weight excluding hydrogens is 356 g/mol. The van der Waals surface area contributed by atoms with Gasteiger partial charge in [-0.05, 0) is 85.6 Å². The summed E-state index contributed by atoms with van der Waals surface area (Å²) < 4.78 is 0. The molecule has 0 unspecified atom stereocenters. The number of hydrogen-bond donors (Lipinski definition) is 0. The lowest BCUT2D eigenvalue weighted by Gasteiger charge is -2.03. The zero-order chi connectivity index (χ0) is 21.9. The summed E-state index contributed by atoms with van der Waals surface area (Å²) in [5, 5.41) is 0. The molecule has 0 aromatic rings. The minimum absolute atomic E-state index is 0. The summed E-state index contributed by atoms with van der Waals surface area (Å²) in [6, 6.07) is 0. The van der Waals surface area contributed by atoms with E-state index in [2.05, 4.69) is 53.7 Å². The molecule has 0 atom stereocenters. The zero-order valence-electron chi connectivity index (χ0n) is 19.7. The maximum absolute atomic E-state index is 10.7. The molecule has 29 heavy (non-hydrogen) atoms. The van der Waals surface area contributed by atoms with Gasteiger partial charge in [-0.3, -0.25) is 4.79 Å². The van der Waals surface area contributed by atoms with Crippen LogP contribution >= 0.6 is 0 Å². The quantitative estimate of drug-likeness (QED) is 0.185. The highest BCUT2D eigenvalue weighted by Crippen LogP contribution is 2.11. The molecule has 2 heteroatoms. The minimum atomic E-state index is 0. The number of rotatable bonds is 12. The van der Waals surface area contributed by atoms with Crippen molar-refractivity contribution in [1.82, 2.24) is 0 Å². The number of carbonyl (C=O) groups excluding carboxylic acids is 2. The highest BCUT2D eigenvalue weighted by Gasteiger charge is 1.94. The van der Waals surface area contributed by atoms with Gasteiger partial charge in [0.05, 0.1) is 0 Å². The van der Waals surface area contributed by atoms with Crippen molar-refractivity contribution >= 4 is 11.6 Å². The minimum Gasteiger partial charge on any atom is -0.300 e. The summed E-state index contributed by atoms with van der Waals surface area (Å²) in [5.41, 5.74) is 4.12. The average molecular weight is 405 g/mol. The van der Waals surface area contributed by atoms with Crippen LogP contribution in [0.4, 0.5) is 0 Å². The lowest BCUT2D eigenvalue weighted by atomic mass is 10.0. The Bertz CT molecular complexity index is 553. The molecule has 0 aliphatic heterocycles. The van der Waals surface area contributed by atoms with Crippen molar-refractivity contribution < 1.29 is 9.59 Å². The third-order valence-electron chi connectivity index (χ3n) is 4.14. The van der Waals surface area contributed by atoms with E-state index in [4.69, 9.17) is 0 Å². The van der Waals surface area contributed by atoms with Crippen molar-refractivity contribution in [3.8, 4) is 0 Å².